The fourth-order valence-electron chi connectivity index (χ4n) is 3.79. The molecule has 4 atom stereocenters. The topological polar surface area (TPSA) is 46.1 Å². The largest absolute Gasteiger partial charge is 0.490 e. The van der Waals surface area contributed by atoms with Gasteiger partial charge in [-0.25, -0.2) is 0 Å². The van der Waals surface area contributed by atoms with E-state index in [0.29, 0.717) is 31.0 Å². The van der Waals surface area contributed by atoms with Crippen molar-refractivity contribution in [1.82, 2.24) is 0 Å². The van der Waals surface area contributed by atoms with Crippen molar-refractivity contribution in [2.45, 2.75) is 71.9 Å². The molecule has 1 aliphatic rings. The van der Waals surface area contributed by atoms with Gasteiger partial charge in [-0.15, -0.1) is 0 Å². The smallest absolute Gasteiger partial charge is 0.137 e. The van der Waals surface area contributed by atoms with E-state index >= 15 is 0 Å². The second kappa shape index (κ2) is 9.25. The maximum Gasteiger partial charge on any atom is 0.137 e. The van der Waals surface area contributed by atoms with Crippen molar-refractivity contribution in [3.63, 3.8) is 0 Å². The summed E-state index contributed by atoms with van der Waals surface area (Å²) in [4.78, 5) is 0. The molecule has 0 aliphatic heterocycles. The summed E-state index contributed by atoms with van der Waals surface area (Å²) in [7, 11) is 0. The molecule has 25 heavy (non-hydrogen) atoms. The third-order valence-electron chi connectivity index (χ3n) is 5.83. The fourth-order valence-corrected chi connectivity index (χ4v) is 3.96. The van der Waals surface area contributed by atoms with Crippen molar-refractivity contribution in [2.24, 2.45) is 11.8 Å². The Hall–Kier alpha value is -0.770. The van der Waals surface area contributed by atoms with Crippen LogP contribution in [0.15, 0.2) is 12.1 Å². The molecule has 0 unspecified atom stereocenters. The molecule has 142 valence electrons. The number of hydrogen-bond acceptors (Lipinski definition) is 2. The number of ether oxygens (including phenoxy) is 1. The maximum absolute atomic E-state index is 10.4. The van der Waals surface area contributed by atoms with E-state index in [1.165, 1.54) is 19.3 Å². The zero-order valence-electron chi connectivity index (χ0n) is 16.4. The van der Waals surface area contributed by atoms with Crippen LogP contribution in [-0.4, -0.2) is 30.4 Å². The van der Waals surface area contributed by atoms with Gasteiger partial charge in [-0.3, -0.25) is 0 Å². The molecule has 0 bridgehead atoms. The van der Waals surface area contributed by atoms with Crippen molar-refractivity contribution < 1.29 is 15.2 Å². The minimum absolute atomic E-state index is 0.327. The lowest BCUT2D eigenvalue weighted by atomic mass is 9.78. The highest BCUT2D eigenvalue weighted by atomic mass is 35.5. The van der Waals surface area contributed by atoms with Gasteiger partial charge in [0.1, 0.15) is 25.0 Å². The van der Waals surface area contributed by atoms with Gasteiger partial charge < -0.3 is 15.2 Å². The van der Waals surface area contributed by atoms with Crippen LogP contribution in [0.25, 0.3) is 0 Å². The van der Waals surface area contributed by atoms with Gasteiger partial charge in [-0.1, -0.05) is 39.3 Å². The third kappa shape index (κ3) is 5.60. The fraction of sp³-hybridized carbons (Fsp3) is 0.714. The molecular weight excluding hydrogens is 334 g/mol. The molecule has 1 aromatic rings. The highest BCUT2D eigenvalue weighted by molar-refractivity contribution is 6.31. The third-order valence-corrected chi connectivity index (χ3v) is 6.23. The summed E-state index contributed by atoms with van der Waals surface area (Å²) >= 11 is 6.24. The molecular formula is C21H35ClNO2+. The Morgan fingerprint density at radius 2 is 2.00 bits per heavy atom. The number of nitrogens with two attached hydrogens (primary N) is 1. The first kappa shape index (κ1) is 20.5. The standard InChI is InChI=1S/C21H34ClNO2/c1-13(2)18-10-19(22)15(4)9-21(18)25-12-17(24)11-23-20-8-6-7-14(3)16(20)5/h9-10,13-14,16-17,20,23-24H,6-8,11-12H2,1-5H3/p+1/t14-,16-,17+,20-/m0/s1. The number of rotatable bonds is 7. The van der Waals surface area contributed by atoms with Gasteiger partial charge in [0.15, 0.2) is 0 Å². The molecule has 0 spiro atoms. The molecule has 1 aromatic carbocycles. The summed E-state index contributed by atoms with van der Waals surface area (Å²) in [6.45, 7) is 12.0. The normalized spacial score (nSPS) is 25.2. The first-order valence-corrected chi connectivity index (χ1v) is 10.1. The Balaban J connectivity index is 1.87. The first-order valence-electron chi connectivity index (χ1n) is 9.73. The molecule has 3 nitrogen and oxygen atoms in total. The zero-order valence-corrected chi connectivity index (χ0v) is 17.1. The van der Waals surface area contributed by atoms with E-state index in [9.17, 15) is 5.11 Å². The second-order valence-corrected chi connectivity index (χ2v) is 8.57. The van der Waals surface area contributed by atoms with Crippen LogP contribution in [0.5, 0.6) is 5.75 Å². The number of quaternary nitrogens is 1. The van der Waals surface area contributed by atoms with Crippen molar-refractivity contribution in [3.05, 3.63) is 28.3 Å². The van der Waals surface area contributed by atoms with Crippen molar-refractivity contribution in [3.8, 4) is 5.75 Å². The molecule has 0 saturated heterocycles. The van der Waals surface area contributed by atoms with Crippen molar-refractivity contribution in [1.29, 1.82) is 0 Å². The molecule has 1 saturated carbocycles. The molecule has 3 N–H and O–H groups in total. The molecule has 2 rings (SSSR count). The van der Waals surface area contributed by atoms with Crippen LogP contribution in [-0.2, 0) is 0 Å². The van der Waals surface area contributed by atoms with Gasteiger partial charge in [-0.05, 0) is 61.3 Å². The molecule has 0 aromatic heterocycles. The summed E-state index contributed by atoms with van der Waals surface area (Å²) < 4.78 is 5.96. The van der Waals surface area contributed by atoms with Crippen molar-refractivity contribution >= 4 is 11.6 Å². The Kier molecular flexibility index (Phi) is 7.60. The van der Waals surface area contributed by atoms with Crippen molar-refractivity contribution in [2.75, 3.05) is 13.2 Å². The molecule has 0 heterocycles. The number of aliphatic hydroxyl groups is 1. The van der Waals surface area contributed by atoms with Crippen LogP contribution in [0.3, 0.4) is 0 Å². The Morgan fingerprint density at radius 3 is 2.68 bits per heavy atom. The van der Waals surface area contributed by atoms with Crippen LogP contribution in [0, 0.1) is 18.8 Å². The van der Waals surface area contributed by atoms with E-state index in [4.69, 9.17) is 16.3 Å². The highest BCUT2D eigenvalue weighted by Gasteiger charge is 2.30. The van der Waals surface area contributed by atoms with E-state index in [0.717, 1.165) is 27.8 Å². The van der Waals surface area contributed by atoms with Crippen LogP contribution in [0.1, 0.15) is 64.0 Å². The lowest BCUT2D eigenvalue weighted by molar-refractivity contribution is -0.704. The van der Waals surface area contributed by atoms with Crippen LogP contribution in [0.4, 0.5) is 0 Å². The van der Waals surface area contributed by atoms with Gasteiger partial charge >= 0.3 is 0 Å². The first-order chi connectivity index (χ1) is 11.8. The van der Waals surface area contributed by atoms with Crippen LogP contribution < -0.4 is 10.1 Å². The van der Waals surface area contributed by atoms with E-state index in [1.807, 2.05) is 19.1 Å². The summed E-state index contributed by atoms with van der Waals surface area (Å²) in [5.41, 5.74) is 2.11. The highest BCUT2D eigenvalue weighted by Crippen LogP contribution is 2.32. The molecule has 0 radical (unpaired) electrons. The number of hydrogen-bond donors (Lipinski definition) is 2. The van der Waals surface area contributed by atoms with E-state index in [2.05, 4.69) is 33.0 Å². The summed E-state index contributed by atoms with van der Waals surface area (Å²) in [5, 5.41) is 13.5. The SMILES string of the molecule is Cc1cc(OC[C@H](O)C[NH2+][C@H]2CCC[C@H](C)[C@@H]2C)c(C(C)C)cc1Cl. The van der Waals surface area contributed by atoms with Crippen LogP contribution >= 0.6 is 11.6 Å². The summed E-state index contributed by atoms with van der Waals surface area (Å²) in [5.74, 6) is 2.68. The second-order valence-electron chi connectivity index (χ2n) is 8.16. The number of benzene rings is 1. The van der Waals surface area contributed by atoms with Gasteiger partial charge in [0.2, 0.25) is 0 Å². The van der Waals surface area contributed by atoms with Crippen LogP contribution in [0.2, 0.25) is 5.02 Å². The van der Waals surface area contributed by atoms with Gasteiger partial charge in [0.05, 0.1) is 6.04 Å². The molecule has 0 amide bonds. The quantitative estimate of drug-likeness (QED) is 0.766. The summed E-state index contributed by atoms with van der Waals surface area (Å²) in [6.07, 6.45) is 3.44. The predicted molar refractivity (Wildman–Crippen MR) is 105 cm³/mol. The minimum Gasteiger partial charge on any atom is -0.490 e. The maximum atomic E-state index is 10.4. The molecule has 1 fully saturated rings. The van der Waals surface area contributed by atoms with Gasteiger partial charge in [0.25, 0.3) is 0 Å². The average Bonchev–Trinajstić information content (AvgIpc) is 2.56. The van der Waals surface area contributed by atoms with E-state index in [1.54, 1.807) is 0 Å². The monoisotopic (exact) mass is 368 g/mol. The molecule has 1 aliphatic carbocycles. The minimum atomic E-state index is -0.458. The van der Waals surface area contributed by atoms with Gasteiger partial charge in [-0.2, -0.15) is 0 Å². The van der Waals surface area contributed by atoms with E-state index in [-0.39, 0.29) is 0 Å². The lowest BCUT2D eigenvalue weighted by Gasteiger charge is -2.32. The Morgan fingerprint density at radius 1 is 1.28 bits per heavy atom. The predicted octanol–water partition coefficient (Wildman–Crippen LogP) is 3.90. The number of aryl methyl sites for hydroxylation is 1. The average molecular weight is 369 g/mol. The van der Waals surface area contributed by atoms with E-state index < -0.39 is 6.10 Å². The number of aliphatic hydroxyl groups excluding tert-OH is 1. The lowest BCUT2D eigenvalue weighted by Crippen LogP contribution is -2.93. The Labute approximate surface area is 158 Å². The zero-order chi connectivity index (χ0) is 18.6. The summed E-state index contributed by atoms with van der Waals surface area (Å²) in [6, 6.07) is 4.60. The van der Waals surface area contributed by atoms with Gasteiger partial charge in [0, 0.05) is 10.9 Å². The number of halogens is 1. The molecule has 4 heteroatoms. The Bertz CT molecular complexity index is 561.